The molecule has 1 amide bonds. The van der Waals surface area contributed by atoms with Crippen molar-refractivity contribution >= 4 is 23.5 Å². The second kappa shape index (κ2) is 7.46. The minimum atomic E-state index is -0.811. The average molecular weight is 310 g/mol. The summed E-state index contributed by atoms with van der Waals surface area (Å²) in [7, 11) is 0. The Labute approximate surface area is 129 Å². The molecule has 1 aromatic rings. The van der Waals surface area contributed by atoms with Gasteiger partial charge in [0.2, 0.25) is 5.91 Å². The van der Waals surface area contributed by atoms with Gasteiger partial charge >= 0.3 is 5.97 Å². The van der Waals surface area contributed by atoms with E-state index >= 15 is 0 Å². The summed E-state index contributed by atoms with van der Waals surface area (Å²) in [5.41, 5.74) is 0.873. The molecule has 0 aromatic heterocycles. The first-order valence-electron chi connectivity index (χ1n) is 7.33. The molecule has 114 valence electrons. The van der Waals surface area contributed by atoms with E-state index in [1.54, 1.807) is 12.1 Å². The van der Waals surface area contributed by atoms with Crippen molar-refractivity contribution in [3.05, 3.63) is 34.9 Å². The molecule has 1 aliphatic rings. The van der Waals surface area contributed by atoms with Gasteiger partial charge in [0.15, 0.2) is 0 Å². The Kier molecular flexibility index (Phi) is 5.62. The topological polar surface area (TPSA) is 66.4 Å². The smallest absolute Gasteiger partial charge is 0.308 e. The molecule has 2 atom stereocenters. The zero-order valence-corrected chi connectivity index (χ0v) is 12.6. The van der Waals surface area contributed by atoms with Crippen molar-refractivity contribution < 1.29 is 14.7 Å². The van der Waals surface area contributed by atoms with Crippen LogP contribution in [0.5, 0.6) is 0 Å². The molecule has 0 saturated heterocycles. The second-order valence-electron chi connectivity index (χ2n) is 5.56. The standard InChI is InChI=1S/C16H20ClNO3/c17-12-8-6-11(7-9-12)10-15(19)18-14-5-3-1-2-4-13(14)16(20)21/h6-9,13-14H,1-5,10H2,(H,18,19)(H,20,21). The second-order valence-corrected chi connectivity index (χ2v) is 6.00. The molecule has 21 heavy (non-hydrogen) atoms. The van der Waals surface area contributed by atoms with Gasteiger partial charge in [-0.2, -0.15) is 0 Å². The normalized spacial score (nSPS) is 22.3. The predicted octanol–water partition coefficient (Wildman–Crippen LogP) is 3.03. The Hall–Kier alpha value is -1.55. The summed E-state index contributed by atoms with van der Waals surface area (Å²) in [6.07, 6.45) is 4.55. The Balaban J connectivity index is 1.96. The molecule has 5 heteroatoms. The number of rotatable bonds is 4. The van der Waals surface area contributed by atoms with Crippen molar-refractivity contribution in [1.82, 2.24) is 5.32 Å². The quantitative estimate of drug-likeness (QED) is 0.840. The maximum Gasteiger partial charge on any atom is 0.308 e. The number of benzene rings is 1. The van der Waals surface area contributed by atoms with Crippen LogP contribution in [0.2, 0.25) is 5.02 Å². The average Bonchev–Trinajstić information content (AvgIpc) is 2.67. The lowest BCUT2D eigenvalue weighted by molar-refractivity contribution is -0.143. The van der Waals surface area contributed by atoms with Crippen LogP contribution in [0.4, 0.5) is 0 Å². The highest BCUT2D eigenvalue weighted by molar-refractivity contribution is 6.30. The molecule has 2 rings (SSSR count). The van der Waals surface area contributed by atoms with Crippen LogP contribution in [0.25, 0.3) is 0 Å². The summed E-state index contributed by atoms with van der Waals surface area (Å²) in [6, 6.07) is 6.85. The molecule has 0 bridgehead atoms. The first-order chi connectivity index (χ1) is 10.1. The van der Waals surface area contributed by atoms with E-state index in [2.05, 4.69) is 5.32 Å². The van der Waals surface area contributed by atoms with Crippen LogP contribution in [0.1, 0.15) is 37.7 Å². The highest BCUT2D eigenvalue weighted by Crippen LogP contribution is 2.24. The van der Waals surface area contributed by atoms with Crippen LogP contribution in [-0.2, 0) is 16.0 Å². The van der Waals surface area contributed by atoms with Crippen molar-refractivity contribution in [2.45, 2.75) is 44.6 Å². The van der Waals surface area contributed by atoms with E-state index in [0.717, 1.165) is 31.2 Å². The maximum absolute atomic E-state index is 12.1. The maximum atomic E-state index is 12.1. The van der Waals surface area contributed by atoms with Crippen LogP contribution in [-0.4, -0.2) is 23.0 Å². The molecule has 1 aromatic carbocycles. The Morgan fingerprint density at radius 1 is 1.14 bits per heavy atom. The number of carbonyl (C=O) groups is 2. The fourth-order valence-corrected chi connectivity index (χ4v) is 2.95. The first-order valence-corrected chi connectivity index (χ1v) is 7.70. The van der Waals surface area contributed by atoms with E-state index < -0.39 is 11.9 Å². The van der Waals surface area contributed by atoms with Gasteiger partial charge in [0.25, 0.3) is 0 Å². The molecule has 2 unspecified atom stereocenters. The summed E-state index contributed by atoms with van der Waals surface area (Å²) in [6.45, 7) is 0. The summed E-state index contributed by atoms with van der Waals surface area (Å²) in [5.74, 6) is -1.41. The van der Waals surface area contributed by atoms with E-state index in [-0.39, 0.29) is 18.4 Å². The Morgan fingerprint density at radius 3 is 2.48 bits per heavy atom. The molecule has 1 fully saturated rings. The Bertz CT molecular complexity index is 501. The fraction of sp³-hybridized carbons (Fsp3) is 0.500. The zero-order valence-electron chi connectivity index (χ0n) is 11.8. The van der Waals surface area contributed by atoms with Gasteiger partial charge < -0.3 is 10.4 Å². The molecular formula is C16H20ClNO3. The lowest BCUT2D eigenvalue weighted by atomic mass is 9.94. The summed E-state index contributed by atoms with van der Waals surface area (Å²) in [4.78, 5) is 23.4. The number of hydrogen-bond acceptors (Lipinski definition) is 2. The lowest BCUT2D eigenvalue weighted by Gasteiger charge is -2.22. The van der Waals surface area contributed by atoms with Crippen molar-refractivity contribution in [3.63, 3.8) is 0 Å². The highest BCUT2D eigenvalue weighted by atomic mass is 35.5. The SMILES string of the molecule is O=C(Cc1ccc(Cl)cc1)NC1CCCCCC1C(=O)O. The van der Waals surface area contributed by atoms with Gasteiger partial charge in [-0.25, -0.2) is 0 Å². The Morgan fingerprint density at radius 2 is 1.81 bits per heavy atom. The van der Waals surface area contributed by atoms with Crippen molar-refractivity contribution in [1.29, 1.82) is 0 Å². The monoisotopic (exact) mass is 309 g/mol. The molecule has 0 radical (unpaired) electrons. The van der Waals surface area contributed by atoms with E-state index in [4.69, 9.17) is 11.6 Å². The molecular weight excluding hydrogens is 290 g/mol. The lowest BCUT2D eigenvalue weighted by Crippen LogP contribution is -2.43. The summed E-state index contributed by atoms with van der Waals surface area (Å²) < 4.78 is 0. The highest BCUT2D eigenvalue weighted by Gasteiger charge is 2.30. The van der Waals surface area contributed by atoms with Gasteiger partial charge in [-0.05, 0) is 30.5 Å². The number of hydrogen-bond donors (Lipinski definition) is 2. The van der Waals surface area contributed by atoms with Crippen LogP contribution < -0.4 is 5.32 Å². The minimum absolute atomic E-state index is 0.129. The number of halogens is 1. The molecule has 2 N–H and O–H groups in total. The van der Waals surface area contributed by atoms with Crippen molar-refractivity contribution in [2.75, 3.05) is 0 Å². The number of amides is 1. The van der Waals surface area contributed by atoms with E-state index in [9.17, 15) is 14.7 Å². The van der Waals surface area contributed by atoms with E-state index in [1.165, 1.54) is 0 Å². The number of aliphatic carboxylic acids is 1. The van der Waals surface area contributed by atoms with Gasteiger partial charge in [-0.1, -0.05) is 43.0 Å². The third kappa shape index (κ3) is 4.74. The van der Waals surface area contributed by atoms with E-state index in [1.807, 2.05) is 12.1 Å². The van der Waals surface area contributed by atoms with Gasteiger partial charge in [-0.3, -0.25) is 9.59 Å². The number of carboxylic acids is 1. The van der Waals surface area contributed by atoms with Crippen LogP contribution >= 0.6 is 11.6 Å². The fourth-order valence-electron chi connectivity index (χ4n) is 2.82. The third-order valence-corrected chi connectivity index (χ3v) is 4.21. The van der Waals surface area contributed by atoms with Crippen molar-refractivity contribution in [2.24, 2.45) is 5.92 Å². The van der Waals surface area contributed by atoms with Crippen LogP contribution in [0.15, 0.2) is 24.3 Å². The van der Waals surface area contributed by atoms with Gasteiger partial charge in [0.1, 0.15) is 0 Å². The largest absolute Gasteiger partial charge is 0.481 e. The van der Waals surface area contributed by atoms with Crippen LogP contribution in [0.3, 0.4) is 0 Å². The number of nitrogens with one attached hydrogen (secondary N) is 1. The van der Waals surface area contributed by atoms with Crippen LogP contribution in [0, 0.1) is 5.92 Å². The van der Waals surface area contributed by atoms with Gasteiger partial charge in [0.05, 0.1) is 12.3 Å². The molecule has 0 aliphatic heterocycles. The molecule has 0 spiro atoms. The van der Waals surface area contributed by atoms with E-state index in [0.29, 0.717) is 11.4 Å². The third-order valence-electron chi connectivity index (χ3n) is 3.96. The zero-order chi connectivity index (χ0) is 15.2. The summed E-state index contributed by atoms with van der Waals surface area (Å²) >= 11 is 5.81. The van der Waals surface area contributed by atoms with Gasteiger partial charge in [0, 0.05) is 11.1 Å². The minimum Gasteiger partial charge on any atom is -0.481 e. The molecule has 1 aliphatic carbocycles. The number of carboxylic acid groups (broad SMARTS) is 1. The molecule has 1 saturated carbocycles. The predicted molar refractivity (Wildman–Crippen MR) is 81.3 cm³/mol. The number of carbonyl (C=O) groups excluding carboxylic acids is 1. The van der Waals surface area contributed by atoms with Crippen molar-refractivity contribution in [3.8, 4) is 0 Å². The summed E-state index contributed by atoms with van der Waals surface area (Å²) in [5, 5.41) is 12.8. The first kappa shape index (κ1) is 15.8. The molecule has 4 nitrogen and oxygen atoms in total. The molecule has 0 heterocycles. The van der Waals surface area contributed by atoms with Gasteiger partial charge in [-0.15, -0.1) is 0 Å².